The van der Waals surface area contributed by atoms with Gasteiger partial charge in [0.05, 0.1) is 0 Å². The lowest BCUT2D eigenvalue weighted by atomic mass is 10.1. The van der Waals surface area contributed by atoms with Crippen molar-refractivity contribution in [2.24, 2.45) is 0 Å². The molecule has 0 aromatic heterocycles. The maximum Gasteiger partial charge on any atom is 0.317 e. The maximum absolute atomic E-state index is 12.1. The minimum absolute atomic E-state index is 0. The van der Waals surface area contributed by atoms with Crippen LogP contribution in [0.1, 0.15) is 26.2 Å². The van der Waals surface area contributed by atoms with Gasteiger partial charge < -0.3 is 20.4 Å². The summed E-state index contributed by atoms with van der Waals surface area (Å²) in [4.78, 5) is 27.4. The Morgan fingerprint density at radius 1 is 1.20 bits per heavy atom. The van der Waals surface area contributed by atoms with E-state index >= 15 is 0 Å². The van der Waals surface area contributed by atoms with Crippen LogP contribution in [0, 0.1) is 0 Å². The lowest BCUT2D eigenvalue weighted by Gasteiger charge is -2.35. The van der Waals surface area contributed by atoms with Crippen LogP contribution in [0.2, 0.25) is 0 Å². The Bertz CT molecular complexity index is 326. The van der Waals surface area contributed by atoms with Gasteiger partial charge in [0.1, 0.15) is 0 Å². The van der Waals surface area contributed by atoms with E-state index in [0.717, 1.165) is 13.0 Å². The number of nitrogens with zero attached hydrogens (tertiary/aromatic N) is 2. The van der Waals surface area contributed by atoms with E-state index in [-0.39, 0.29) is 24.3 Å². The van der Waals surface area contributed by atoms with Crippen LogP contribution in [0.5, 0.6) is 0 Å². The van der Waals surface area contributed by atoms with Gasteiger partial charge in [0, 0.05) is 45.2 Å². The second kappa shape index (κ2) is 8.32. The van der Waals surface area contributed by atoms with Crippen molar-refractivity contribution in [3.63, 3.8) is 0 Å². The molecule has 0 bridgehead atoms. The minimum atomic E-state index is -0.0212. The number of urea groups is 1. The lowest BCUT2D eigenvalue weighted by Crippen LogP contribution is -2.53. The van der Waals surface area contributed by atoms with Gasteiger partial charge in [-0.25, -0.2) is 4.79 Å². The summed E-state index contributed by atoms with van der Waals surface area (Å²) < 4.78 is 0. The van der Waals surface area contributed by atoms with Gasteiger partial charge in [-0.2, -0.15) is 0 Å². The number of piperazine rings is 1. The number of rotatable bonds is 3. The van der Waals surface area contributed by atoms with Crippen molar-refractivity contribution in [1.29, 1.82) is 0 Å². The third-order valence-corrected chi connectivity index (χ3v) is 3.83. The van der Waals surface area contributed by atoms with E-state index in [1.165, 1.54) is 6.42 Å². The number of carbonyl (C=O) groups is 2. The number of halogens is 1. The zero-order valence-electron chi connectivity index (χ0n) is 12.1. The number of hydrogen-bond donors (Lipinski definition) is 2. The van der Waals surface area contributed by atoms with Crippen LogP contribution in [0.25, 0.3) is 0 Å². The molecular weight excluding hydrogens is 280 g/mol. The third-order valence-electron chi connectivity index (χ3n) is 3.83. The van der Waals surface area contributed by atoms with Gasteiger partial charge >= 0.3 is 6.03 Å². The van der Waals surface area contributed by atoms with Gasteiger partial charge in [0.25, 0.3) is 0 Å². The highest BCUT2D eigenvalue weighted by Gasteiger charge is 2.26. The molecule has 6 nitrogen and oxygen atoms in total. The fourth-order valence-corrected chi connectivity index (χ4v) is 2.69. The normalized spacial score (nSPS) is 22.4. The maximum atomic E-state index is 12.1. The van der Waals surface area contributed by atoms with Crippen LogP contribution < -0.4 is 10.6 Å². The highest BCUT2D eigenvalue weighted by Crippen LogP contribution is 2.12. The van der Waals surface area contributed by atoms with Crippen LogP contribution in [0.3, 0.4) is 0 Å². The predicted octanol–water partition coefficient (Wildman–Crippen LogP) is 0.424. The van der Waals surface area contributed by atoms with Crippen molar-refractivity contribution >= 4 is 24.3 Å². The summed E-state index contributed by atoms with van der Waals surface area (Å²) in [7, 11) is 0. The van der Waals surface area contributed by atoms with Gasteiger partial charge in [0.15, 0.2) is 0 Å². The van der Waals surface area contributed by atoms with Crippen molar-refractivity contribution in [3.05, 3.63) is 0 Å². The SMILES string of the molecule is CCNC(=O)N1CCN(C(=O)CC2CCCN2)CC1.Cl. The van der Waals surface area contributed by atoms with Crippen LogP contribution in [-0.2, 0) is 4.79 Å². The zero-order chi connectivity index (χ0) is 13.7. The first kappa shape index (κ1) is 17.0. The second-order valence-electron chi connectivity index (χ2n) is 5.20. The number of amides is 3. The number of hydrogen-bond acceptors (Lipinski definition) is 3. The molecule has 0 spiro atoms. The zero-order valence-corrected chi connectivity index (χ0v) is 12.9. The molecule has 3 amide bonds. The molecule has 0 aliphatic carbocycles. The molecule has 7 heteroatoms. The standard InChI is InChI=1S/C13H24N4O2.ClH/c1-2-14-13(19)17-8-6-16(7-9-17)12(18)10-11-4-3-5-15-11;/h11,15H,2-10H2,1H3,(H,14,19);1H. The fraction of sp³-hybridized carbons (Fsp3) is 0.846. The van der Waals surface area contributed by atoms with Gasteiger partial charge in [-0.15, -0.1) is 12.4 Å². The molecule has 2 fully saturated rings. The molecule has 20 heavy (non-hydrogen) atoms. The topological polar surface area (TPSA) is 64.7 Å². The molecule has 2 aliphatic rings. The Balaban J connectivity index is 0.00000200. The summed E-state index contributed by atoms with van der Waals surface area (Å²) in [5, 5.41) is 6.14. The molecule has 2 N–H and O–H groups in total. The molecule has 2 rings (SSSR count). The van der Waals surface area contributed by atoms with Crippen LogP contribution >= 0.6 is 12.4 Å². The van der Waals surface area contributed by atoms with E-state index in [1.54, 1.807) is 4.90 Å². The summed E-state index contributed by atoms with van der Waals surface area (Å²) in [6, 6.07) is 0.334. The molecule has 2 aliphatic heterocycles. The summed E-state index contributed by atoms with van der Waals surface area (Å²) in [6.07, 6.45) is 2.87. The third kappa shape index (κ3) is 4.52. The van der Waals surface area contributed by atoms with E-state index in [0.29, 0.717) is 45.2 Å². The van der Waals surface area contributed by atoms with Gasteiger partial charge in [-0.3, -0.25) is 4.79 Å². The number of nitrogens with one attached hydrogen (secondary N) is 2. The van der Waals surface area contributed by atoms with Crippen molar-refractivity contribution in [2.45, 2.75) is 32.2 Å². The molecule has 0 saturated carbocycles. The van der Waals surface area contributed by atoms with Crippen molar-refractivity contribution in [1.82, 2.24) is 20.4 Å². The Kier molecular flexibility index (Phi) is 7.09. The van der Waals surface area contributed by atoms with Gasteiger partial charge in [-0.05, 0) is 26.3 Å². The molecule has 116 valence electrons. The Morgan fingerprint density at radius 3 is 2.40 bits per heavy atom. The molecule has 2 heterocycles. The Morgan fingerprint density at radius 2 is 1.85 bits per heavy atom. The first-order chi connectivity index (χ1) is 9.20. The Hall–Kier alpha value is -1.01. The van der Waals surface area contributed by atoms with Crippen molar-refractivity contribution in [2.75, 3.05) is 39.3 Å². The molecular formula is C13H25ClN4O2. The summed E-state index contributed by atoms with van der Waals surface area (Å²) in [6.45, 7) is 6.16. The van der Waals surface area contributed by atoms with Crippen LogP contribution in [0.4, 0.5) is 4.79 Å². The van der Waals surface area contributed by atoms with Crippen LogP contribution in [0.15, 0.2) is 0 Å². The number of carbonyl (C=O) groups excluding carboxylic acids is 2. The lowest BCUT2D eigenvalue weighted by molar-refractivity contribution is -0.133. The predicted molar refractivity (Wildman–Crippen MR) is 80.1 cm³/mol. The van der Waals surface area contributed by atoms with Crippen LogP contribution in [-0.4, -0.2) is 67.0 Å². The monoisotopic (exact) mass is 304 g/mol. The minimum Gasteiger partial charge on any atom is -0.339 e. The molecule has 1 unspecified atom stereocenters. The molecule has 2 saturated heterocycles. The molecule has 0 aromatic carbocycles. The van der Waals surface area contributed by atoms with Gasteiger partial charge in [0.2, 0.25) is 5.91 Å². The van der Waals surface area contributed by atoms with E-state index in [1.807, 2.05) is 11.8 Å². The molecule has 0 aromatic rings. The highest BCUT2D eigenvalue weighted by molar-refractivity contribution is 5.85. The fourth-order valence-electron chi connectivity index (χ4n) is 2.69. The smallest absolute Gasteiger partial charge is 0.317 e. The summed E-state index contributed by atoms with van der Waals surface area (Å²) in [5.41, 5.74) is 0. The van der Waals surface area contributed by atoms with E-state index in [9.17, 15) is 9.59 Å². The second-order valence-corrected chi connectivity index (χ2v) is 5.20. The van der Waals surface area contributed by atoms with Crippen molar-refractivity contribution in [3.8, 4) is 0 Å². The Labute approximate surface area is 126 Å². The van der Waals surface area contributed by atoms with Gasteiger partial charge in [-0.1, -0.05) is 0 Å². The van der Waals surface area contributed by atoms with E-state index < -0.39 is 0 Å². The average molecular weight is 305 g/mol. The highest BCUT2D eigenvalue weighted by atomic mass is 35.5. The average Bonchev–Trinajstić information content (AvgIpc) is 2.92. The quantitative estimate of drug-likeness (QED) is 0.794. The first-order valence-corrected chi connectivity index (χ1v) is 7.24. The molecule has 0 radical (unpaired) electrons. The van der Waals surface area contributed by atoms with E-state index in [4.69, 9.17) is 0 Å². The first-order valence-electron chi connectivity index (χ1n) is 7.24. The van der Waals surface area contributed by atoms with Crippen molar-refractivity contribution < 1.29 is 9.59 Å². The largest absolute Gasteiger partial charge is 0.339 e. The molecule has 1 atom stereocenters. The van der Waals surface area contributed by atoms with E-state index in [2.05, 4.69) is 10.6 Å². The summed E-state index contributed by atoms with van der Waals surface area (Å²) in [5.74, 6) is 0.218. The summed E-state index contributed by atoms with van der Waals surface area (Å²) >= 11 is 0.